The van der Waals surface area contributed by atoms with Crippen LogP contribution in [-0.4, -0.2) is 61.0 Å². The molecule has 8 heteroatoms. The Labute approximate surface area is 146 Å². The van der Waals surface area contributed by atoms with E-state index in [0.29, 0.717) is 25.1 Å². The van der Waals surface area contributed by atoms with Crippen molar-refractivity contribution in [3.63, 3.8) is 0 Å². The maximum atomic E-state index is 11.5. The van der Waals surface area contributed by atoms with E-state index in [1.165, 1.54) is 0 Å². The van der Waals surface area contributed by atoms with Crippen LogP contribution in [0, 0.1) is 0 Å². The third-order valence-corrected chi connectivity index (χ3v) is 3.63. The van der Waals surface area contributed by atoms with Crippen molar-refractivity contribution in [2.75, 3.05) is 20.3 Å². The molecule has 0 aliphatic carbocycles. The molecule has 3 unspecified atom stereocenters. The third-order valence-electron chi connectivity index (χ3n) is 3.28. The van der Waals surface area contributed by atoms with E-state index in [2.05, 4.69) is 14.2 Å². The standard InChI is InChI=1S/C16H30NO6P/c1-11(17-14(18)5-6-15(19)20)10-23-13(3)9-16(24)22-8-7-12(2)21-4/h11-13,24H,5-10H2,1-4H3,(H,17,18)(H,19,20). The molecule has 0 radical (unpaired) electrons. The van der Waals surface area contributed by atoms with Crippen molar-refractivity contribution in [2.45, 2.75) is 64.7 Å². The zero-order valence-electron chi connectivity index (χ0n) is 15.0. The Balaban J connectivity index is 3.83. The van der Waals surface area contributed by atoms with Crippen molar-refractivity contribution in [3.05, 3.63) is 0 Å². The molecule has 140 valence electrons. The number of hydrogen-bond acceptors (Lipinski definition) is 5. The van der Waals surface area contributed by atoms with Crippen LogP contribution in [0.1, 0.15) is 46.5 Å². The molecule has 0 aliphatic heterocycles. The van der Waals surface area contributed by atoms with Gasteiger partial charge in [-0.15, -0.1) is 0 Å². The van der Waals surface area contributed by atoms with Gasteiger partial charge in [-0.1, -0.05) is 8.86 Å². The SMILES string of the molecule is COC(C)CCOC(=P)CC(C)OCC(C)NC(=O)CCC(=O)O. The number of hydrogen-bond donors (Lipinski definition) is 2. The lowest BCUT2D eigenvalue weighted by molar-refractivity contribution is -0.139. The summed E-state index contributed by atoms with van der Waals surface area (Å²) in [6.07, 6.45) is 1.29. The van der Waals surface area contributed by atoms with Crippen LogP contribution >= 0.6 is 8.86 Å². The van der Waals surface area contributed by atoms with E-state index in [4.69, 9.17) is 19.3 Å². The van der Waals surface area contributed by atoms with Crippen LogP contribution < -0.4 is 5.32 Å². The third kappa shape index (κ3) is 13.4. The minimum atomic E-state index is -0.984. The monoisotopic (exact) mass is 363 g/mol. The summed E-state index contributed by atoms with van der Waals surface area (Å²) < 4.78 is 16.4. The Morgan fingerprint density at radius 1 is 1.17 bits per heavy atom. The maximum absolute atomic E-state index is 11.5. The van der Waals surface area contributed by atoms with Gasteiger partial charge in [0.25, 0.3) is 0 Å². The van der Waals surface area contributed by atoms with Crippen LogP contribution in [0.5, 0.6) is 0 Å². The van der Waals surface area contributed by atoms with Gasteiger partial charge in [-0.25, -0.2) is 0 Å². The Bertz CT molecular complexity index is 404. The highest BCUT2D eigenvalue weighted by Gasteiger charge is 2.12. The first-order valence-corrected chi connectivity index (χ1v) is 8.60. The fraction of sp³-hybridized carbons (Fsp3) is 0.812. The number of nitrogens with one attached hydrogen (secondary N) is 1. The molecule has 0 aromatic rings. The highest BCUT2D eigenvalue weighted by Crippen LogP contribution is 2.05. The van der Waals surface area contributed by atoms with Crippen molar-refractivity contribution in [3.8, 4) is 0 Å². The molecule has 3 atom stereocenters. The van der Waals surface area contributed by atoms with Crippen molar-refractivity contribution in [1.82, 2.24) is 5.32 Å². The summed E-state index contributed by atoms with van der Waals surface area (Å²) >= 11 is 0. The fourth-order valence-corrected chi connectivity index (χ4v) is 2.15. The van der Waals surface area contributed by atoms with E-state index in [1.807, 2.05) is 20.8 Å². The Morgan fingerprint density at radius 2 is 1.83 bits per heavy atom. The number of carboxylic acids is 1. The van der Waals surface area contributed by atoms with Gasteiger partial charge in [0.2, 0.25) is 5.91 Å². The molecule has 24 heavy (non-hydrogen) atoms. The number of carbonyl (C=O) groups excluding carboxylic acids is 1. The van der Waals surface area contributed by atoms with Crippen LogP contribution in [0.3, 0.4) is 0 Å². The predicted molar refractivity (Wildman–Crippen MR) is 94.9 cm³/mol. The van der Waals surface area contributed by atoms with Crippen molar-refractivity contribution < 1.29 is 28.9 Å². The zero-order chi connectivity index (χ0) is 18.5. The van der Waals surface area contributed by atoms with Crippen LogP contribution in [0.15, 0.2) is 0 Å². The highest BCUT2D eigenvalue weighted by atomic mass is 31.0. The van der Waals surface area contributed by atoms with Crippen LogP contribution in [0.2, 0.25) is 0 Å². The second-order valence-electron chi connectivity index (χ2n) is 5.82. The van der Waals surface area contributed by atoms with E-state index in [1.54, 1.807) is 7.11 Å². The maximum Gasteiger partial charge on any atom is 0.303 e. The second-order valence-corrected chi connectivity index (χ2v) is 6.37. The first-order valence-electron chi connectivity index (χ1n) is 8.10. The lowest BCUT2D eigenvalue weighted by Crippen LogP contribution is -2.37. The number of rotatable bonds is 14. The first-order chi connectivity index (χ1) is 11.2. The van der Waals surface area contributed by atoms with E-state index >= 15 is 0 Å². The minimum Gasteiger partial charge on any atom is -0.481 e. The largest absolute Gasteiger partial charge is 0.481 e. The van der Waals surface area contributed by atoms with Gasteiger partial charge < -0.3 is 24.6 Å². The molecule has 0 saturated heterocycles. The van der Waals surface area contributed by atoms with Gasteiger partial charge in [0, 0.05) is 26.0 Å². The Hall–Kier alpha value is -1.01. The summed E-state index contributed by atoms with van der Waals surface area (Å²) in [6.45, 7) is 6.62. The van der Waals surface area contributed by atoms with Crippen LogP contribution in [0.4, 0.5) is 0 Å². The minimum absolute atomic E-state index is 0.0258. The number of carbonyl (C=O) groups is 2. The van der Waals surface area contributed by atoms with Crippen molar-refractivity contribution >= 4 is 26.2 Å². The summed E-state index contributed by atoms with van der Waals surface area (Å²) in [6, 6.07) is -0.185. The molecule has 0 aliphatic rings. The van der Waals surface area contributed by atoms with Gasteiger partial charge in [-0.3, -0.25) is 9.59 Å². The molecule has 0 bridgehead atoms. The average molecular weight is 363 g/mol. The van der Waals surface area contributed by atoms with E-state index in [9.17, 15) is 9.59 Å². The summed E-state index contributed by atoms with van der Waals surface area (Å²) in [5.74, 6) is -1.27. The van der Waals surface area contributed by atoms with Crippen LogP contribution in [0.25, 0.3) is 0 Å². The highest BCUT2D eigenvalue weighted by molar-refractivity contribution is 7.20. The topological polar surface area (TPSA) is 94.1 Å². The Kier molecular flexibility index (Phi) is 12.7. The van der Waals surface area contributed by atoms with E-state index in [-0.39, 0.29) is 37.0 Å². The van der Waals surface area contributed by atoms with Gasteiger partial charge in [-0.2, -0.15) is 0 Å². The molecule has 0 spiro atoms. The summed E-state index contributed by atoms with van der Waals surface area (Å²) in [5, 5.41) is 11.2. The van der Waals surface area contributed by atoms with E-state index in [0.717, 1.165) is 6.42 Å². The number of aliphatic carboxylic acids is 1. The quantitative estimate of drug-likeness (QED) is 0.458. The molecule has 0 fully saturated rings. The molecule has 0 aromatic carbocycles. The lowest BCUT2D eigenvalue weighted by Gasteiger charge is -2.19. The van der Waals surface area contributed by atoms with Gasteiger partial charge in [0.15, 0.2) is 0 Å². The number of carboxylic acid groups (broad SMARTS) is 1. The van der Waals surface area contributed by atoms with Crippen molar-refractivity contribution in [1.29, 1.82) is 0 Å². The molecule has 0 saturated carbocycles. The normalized spacial score (nSPS) is 14.7. The van der Waals surface area contributed by atoms with Crippen LogP contribution in [-0.2, 0) is 23.8 Å². The van der Waals surface area contributed by atoms with Gasteiger partial charge >= 0.3 is 5.97 Å². The fourth-order valence-electron chi connectivity index (χ4n) is 1.76. The van der Waals surface area contributed by atoms with Gasteiger partial charge in [-0.05, 0) is 27.2 Å². The zero-order valence-corrected chi connectivity index (χ0v) is 16.0. The average Bonchev–Trinajstić information content (AvgIpc) is 2.50. The molecular weight excluding hydrogens is 333 g/mol. The smallest absolute Gasteiger partial charge is 0.303 e. The van der Waals surface area contributed by atoms with Gasteiger partial charge in [0.1, 0.15) is 0 Å². The second kappa shape index (κ2) is 13.3. The molecular formula is C16H30NO6P. The molecule has 0 heterocycles. The van der Waals surface area contributed by atoms with Gasteiger partial charge in [0.05, 0.1) is 37.3 Å². The van der Waals surface area contributed by atoms with E-state index < -0.39 is 5.97 Å². The first kappa shape index (κ1) is 23.0. The molecule has 0 rings (SSSR count). The number of ether oxygens (including phenoxy) is 3. The molecule has 7 nitrogen and oxygen atoms in total. The van der Waals surface area contributed by atoms with Crippen molar-refractivity contribution in [2.24, 2.45) is 0 Å². The summed E-state index contributed by atoms with van der Waals surface area (Å²) in [4.78, 5) is 21.9. The molecule has 1 amide bonds. The summed E-state index contributed by atoms with van der Waals surface area (Å²) in [7, 11) is 5.10. The summed E-state index contributed by atoms with van der Waals surface area (Å²) in [5.41, 5.74) is 0.712. The number of methoxy groups -OCH3 is 1. The lowest BCUT2D eigenvalue weighted by atomic mass is 10.2. The molecule has 2 N–H and O–H groups in total. The predicted octanol–water partition coefficient (Wildman–Crippen LogP) is 1.87. The number of amides is 1. The Morgan fingerprint density at radius 3 is 2.42 bits per heavy atom. The molecule has 0 aromatic heterocycles.